The van der Waals surface area contributed by atoms with Crippen molar-refractivity contribution in [3.63, 3.8) is 0 Å². The lowest BCUT2D eigenvalue weighted by molar-refractivity contribution is -0.123. The van der Waals surface area contributed by atoms with Crippen molar-refractivity contribution in [2.45, 2.75) is 46.7 Å². The second-order valence-electron chi connectivity index (χ2n) is 11.2. The lowest BCUT2D eigenvalue weighted by atomic mass is 9.95. The van der Waals surface area contributed by atoms with E-state index in [1.165, 1.54) is 0 Å². The van der Waals surface area contributed by atoms with Crippen LogP contribution in [-0.4, -0.2) is 32.8 Å². The smallest absolute Gasteiger partial charge is 0.229 e. The summed E-state index contributed by atoms with van der Waals surface area (Å²) < 4.78 is 7.78. The van der Waals surface area contributed by atoms with Crippen molar-refractivity contribution in [2.75, 3.05) is 17.3 Å². The molecule has 1 saturated heterocycles. The van der Waals surface area contributed by atoms with Gasteiger partial charge in [0.15, 0.2) is 5.11 Å². The summed E-state index contributed by atoms with van der Waals surface area (Å²) in [5.41, 5.74) is 5.41. The van der Waals surface area contributed by atoms with Gasteiger partial charge in [-0.3, -0.25) is 9.78 Å². The normalized spacial score (nSPS) is 16.9. The number of ether oxygens (including phenoxy) is 1. The summed E-state index contributed by atoms with van der Waals surface area (Å²) in [6.07, 6.45) is 1.78. The first kappa shape index (κ1) is 28.2. The summed E-state index contributed by atoms with van der Waals surface area (Å²) in [6, 6.07) is 20.5. The minimum absolute atomic E-state index is 0.105. The first-order valence-corrected chi connectivity index (χ1v) is 13.9. The van der Waals surface area contributed by atoms with Gasteiger partial charge in [0.2, 0.25) is 5.91 Å². The van der Waals surface area contributed by atoms with E-state index in [4.69, 9.17) is 17.0 Å². The number of thiocarbonyl (C=S) groups is 1. The molecule has 9 heteroatoms. The van der Waals surface area contributed by atoms with E-state index < -0.39 is 5.41 Å². The molecule has 5 rings (SSSR count). The van der Waals surface area contributed by atoms with Gasteiger partial charge in [-0.05, 0) is 74.1 Å². The highest BCUT2D eigenvalue weighted by Crippen LogP contribution is 2.45. The topological polar surface area (TPSA) is 91.7 Å². The predicted molar refractivity (Wildman–Crippen MR) is 166 cm³/mol. The second-order valence-corrected chi connectivity index (χ2v) is 11.6. The van der Waals surface area contributed by atoms with Crippen LogP contribution in [0.15, 0.2) is 72.9 Å². The van der Waals surface area contributed by atoms with Gasteiger partial charge >= 0.3 is 0 Å². The Hall–Kier alpha value is -4.37. The molecule has 8 nitrogen and oxygen atoms in total. The number of phenols is 1. The Balaban J connectivity index is 1.64. The molecule has 0 aliphatic carbocycles. The number of amides is 1. The zero-order valence-electron chi connectivity index (χ0n) is 24.1. The monoisotopic (exact) mass is 569 g/mol. The summed E-state index contributed by atoms with van der Waals surface area (Å²) in [7, 11) is 1.58. The van der Waals surface area contributed by atoms with Crippen molar-refractivity contribution in [3.8, 4) is 17.2 Å². The lowest BCUT2D eigenvalue weighted by Gasteiger charge is -2.29. The molecule has 3 N–H and O–H groups in total. The molecule has 0 bridgehead atoms. The quantitative estimate of drug-likeness (QED) is 0.233. The Morgan fingerprint density at radius 3 is 2.46 bits per heavy atom. The molecule has 3 heterocycles. The Morgan fingerprint density at radius 1 is 1.07 bits per heavy atom. The zero-order chi connectivity index (χ0) is 29.5. The Labute approximate surface area is 246 Å². The Bertz CT molecular complexity index is 1610. The van der Waals surface area contributed by atoms with E-state index >= 15 is 0 Å². The summed E-state index contributed by atoms with van der Waals surface area (Å²) in [5, 5.41) is 17.7. The number of aromatic hydroxyl groups is 1. The SMILES string of the molecule is COc1cc(N2C(=S)N[C@H](c3ccccn3)[C@H]2c2cc(C)n(-c3ccccc3O)c2C)ccc1NC(=O)C(C)(C)C. The van der Waals surface area contributed by atoms with Gasteiger partial charge in [0.05, 0.1) is 36.3 Å². The fourth-order valence-corrected chi connectivity index (χ4v) is 5.65. The largest absolute Gasteiger partial charge is 0.506 e. The number of benzene rings is 2. The summed E-state index contributed by atoms with van der Waals surface area (Å²) >= 11 is 5.93. The van der Waals surface area contributed by atoms with Crippen LogP contribution in [-0.2, 0) is 4.79 Å². The van der Waals surface area contributed by atoms with E-state index in [9.17, 15) is 9.90 Å². The summed E-state index contributed by atoms with van der Waals surface area (Å²) in [5.74, 6) is 0.630. The minimum atomic E-state index is -0.555. The maximum atomic E-state index is 12.7. The number of phenolic OH excluding ortho intramolecular Hbond substituents is 1. The number of para-hydroxylation sites is 2. The van der Waals surface area contributed by atoms with Crippen LogP contribution in [0.2, 0.25) is 0 Å². The number of methoxy groups -OCH3 is 1. The maximum Gasteiger partial charge on any atom is 0.229 e. The molecule has 0 spiro atoms. The molecule has 1 amide bonds. The standard InChI is InChI=1S/C32H35N5O3S/c1-19-17-22(20(2)36(19)25-12-7-8-13-26(25)38)29-28(24-11-9-10-16-33-24)35-31(41)37(29)21-14-15-23(27(18-21)40-6)34-30(39)32(3,4)5/h7-18,28-29,38H,1-6H3,(H,34,39)(H,35,41)/t28-,29-/m1/s1. The number of nitrogens with one attached hydrogen (secondary N) is 2. The number of carbonyl (C=O) groups is 1. The van der Waals surface area contributed by atoms with Crippen molar-refractivity contribution < 1.29 is 14.6 Å². The molecule has 1 fully saturated rings. The molecular formula is C32H35N5O3S. The molecule has 4 aromatic rings. The van der Waals surface area contributed by atoms with Crippen molar-refractivity contribution in [1.29, 1.82) is 0 Å². The van der Waals surface area contributed by atoms with Crippen LogP contribution in [0.3, 0.4) is 0 Å². The number of aromatic nitrogens is 2. The number of anilines is 2. The van der Waals surface area contributed by atoms with E-state index in [0.29, 0.717) is 22.2 Å². The number of hydrogen-bond donors (Lipinski definition) is 3. The zero-order valence-corrected chi connectivity index (χ0v) is 24.9. The van der Waals surface area contributed by atoms with E-state index in [-0.39, 0.29) is 23.7 Å². The average molecular weight is 570 g/mol. The van der Waals surface area contributed by atoms with E-state index in [1.807, 2.05) is 82.3 Å². The first-order valence-electron chi connectivity index (χ1n) is 13.5. The van der Waals surface area contributed by atoms with Gasteiger partial charge in [-0.2, -0.15) is 0 Å². The van der Waals surface area contributed by atoms with Crippen LogP contribution in [0.5, 0.6) is 11.5 Å². The lowest BCUT2D eigenvalue weighted by Crippen LogP contribution is -2.30. The average Bonchev–Trinajstić information content (AvgIpc) is 3.44. The van der Waals surface area contributed by atoms with Crippen LogP contribution in [0, 0.1) is 19.3 Å². The maximum absolute atomic E-state index is 12.7. The van der Waals surface area contributed by atoms with Gasteiger partial charge in [-0.1, -0.05) is 39.0 Å². The van der Waals surface area contributed by atoms with Crippen LogP contribution in [0.4, 0.5) is 11.4 Å². The predicted octanol–water partition coefficient (Wildman–Crippen LogP) is 6.37. The third kappa shape index (κ3) is 5.25. The van der Waals surface area contributed by atoms with Crippen molar-refractivity contribution in [3.05, 3.63) is 95.6 Å². The third-order valence-corrected chi connectivity index (χ3v) is 7.72. The van der Waals surface area contributed by atoms with Gasteiger partial charge in [0.25, 0.3) is 0 Å². The molecule has 41 heavy (non-hydrogen) atoms. The Morgan fingerprint density at radius 2 is 1.80 bits per heavy atom. The van der Waals surface area contributed by atoms with Gasteiger partial charge in [0, 0.05) is 34.8 Å². The van der Waals surface area contributed by atoms with Crippen LogP contribution < -0.4 is 20.3 Å². The number of pyridine rings is 1. The highest BCUT2D eigenvalue weighted by atomic mass is 32.1. The minimum Gasteiger partial charge on any atom is -0.506 e. The molecule has 0 unspecified atom stereocenters. The Kier molecular flexibility index (Phi) is 7.48. The highest BCUT2D eigenvalue weighted by molar-refractivity contribution is 7.80. The number of hydrogen-bond acceptors (Lipinski definition) is 5. The van der Waals surface area contributed by atoms with Crippen molar-refractivity contribution >= 4 is 34.6 Å². The number of carbonyl (C=O) groups excluding carboxylic acids is 1. The summed E-state index contributed by atoms with van der Waals surface area (Å²) in [6.45, 7) is 9.68. The van der Waals surface area contributed by atoms with Crippen LogP contribution in [0.1, 0.15) is 55.5 Å². The number of rotatable bonds is 6. The van der Waals surface area contributed by atoms with Crippen LogP contribution >= 0.6 is 12.2 Å². The van der Waals surface area contributed by atoms with Crippen LogP contribution in [0.25, 0.3) is 5.69 Å². The fourth-order valence-electron chi connectivity index (χ4n) is 5.30. The highest BCUT2D eigenvalue weighted by Gasteiger charge is 2.42. The van der Waals surface area contributed by atoms with E-state index in [0.717, 1.165) is 28.3 Å². The second kappa shape index (κ2) is 10.9. The van der Waals surface area contributed by atoms with Crippen molar-refractivity contribution in [2.24, 2.45) is 5.41 Å². The number of aryl methyl sites for hydroxylation is 1. The molecule has 1 aliphatic heterocycles. The summed E-state index contributed by atoms with van der Waals surface area (Å²) in [4.78, 5) is 19.4. The molecule has 2 aromatic carbocycles. The number of nitrogens with zero attached hydrogens (tertiary/aromatic N) is 3. The molecule has 1 aliphatic rings. The van der Waals surface area contributed by atoms with E-state index in [1.54, 1.807) is 19.4 Å². The third-order valence-electron chi connectivity index (χ3n) is 7.40. The molecule has 0 radical (unpaired) electrons. The van der Waals surface area contributed by atoms with Gasteiger partial charge in [0.1, 0.15) is 11.5 Å². The van der Waals surface area contributed by atoms with Gasteiger partial charge < -0.3 is 29.9 Å². The van der Waals surface area contributed by atoms with Gasteiger partial charge in [-0.15, -0.1) is 0 Å². The molecule has 212 valence electrons. The fraction of sp³-hybridized carbons (Fsp3) is 0.281. The van der Waals surface area contributed by atoms with Crippen molar-refractivity contribution in [1.82, 2.24) is 14.9 Å². The first-order chi connectivity index (χ1) is 19.5. The molecule has 2 aromatic heterocycles. The molecule has 2 atom stereocenters. The molecule has 0 saturated carbocycles. The molecular weight excluding hydrogens is 534 g/mol. The van der Waals surface area contributed by atoms with E-state index in [2.05, 4.69) is 38.1 Å². The van der Waals surface area contributed by atoms with Gasteiger partial charge in [-0.25, -0.2) is 0 Å².